The zero-order valence-electron chi connectivity index (χ0n) is 19.5. The maximum atomic E-state index is 12.5. The fourth-order valence-electron chi connectivity index (χ4n) is 3.84. The number of thioether (sulfide) groups is 1. The number of hydrogen-bond donors (Lipinski definition) is 1. The van der Waals surface area contributed by atoms with E-state index < -0.39 is 0 Å². The molecule has 1 aliphatic rings. The molecule has 0 saturated carbocycles. The van der Waals surface area contributed by atoms with Crippen LogP contribution in [0.4, 0.5) is 0 Å². The Morgan fingerprint density at radius 3 is 2.81 bits per heavy atom. The molecule has 1 aromatic heterocycles. The highest BCUT2D eigenvalue weighted by molar-refractivity contribution is 7.99. The molecule has 0 bridgehead atoms. The molecular weight excluding hydrogens is 442 g/mol. The van der Waals surface area contributed by atoms with E-state index in [1.165, 1.54) is 12.2 Å². The Balaban J connectivity index is 1.37. The van der Waals surface area contributed by atoms with E-state index in [0.29, 0.717) is 10.9 Å². The Bertz CT molecular complexity index is 863. The second-order valence-electron chi connectivity index (χ2n) is 9.02. The number of rotatable bonds is 11. The molecular formula is C25H36ClN3O2S. The third-order valence-electron chi connectivity index (χ3n) is 5.90. The van der Waals surface area contributed by atoms with Gasteiger partial charge >= 0.3 is 0 Å². The number of piperidine rings is 1. The lowest BCUT2D eigenvalue weighted by Crippen LogP contribution is -2.40. The first-order valence-corrected chi connectivity index (χ1v) is 13.3. The Labute approximate surface area is 201 Å². The van der Waals surface area contributed by atoms with Crippen LogP contribution in [0.1, 0.15) is 51.0 Å². The number of carbonyl (C=O) groups excluding carboxylic acids is 1. The number of carbonyl (C=O) groups is 1. The van der Waals surface area contributed by atoms with Crippen molar-refractivity contribution in [2.45, 2.75) is 53.0 Å². The molecule has 0 spiro atoms. The monoisotopic (exact) mass is 477 g/mol. The van der Waals surface area contributed by atoms with Crippen LogP contribution < -0.4 is 5.32 Å². The highest BCUT2D eigenvalue weighted by Gasteiger charge is 2.26. The van der Waals surface area contributed by atoms with Gasteiger partial charge in [-0.1, -0.05) is 31.5 Å². The second-order valence-corrected chi connectivity index (χ2v) is 10.7. The number of nitrogens with zero attached hydrogens (tertiary/aromatic N) is 2. The second kappa shape index (κ2) is 12.7. The lowest BCUT2D eigenvalue weighted by molar-refractivity contribution is -0.126. The summed E-state index contributed by atoms with van der Waals surface area (Å²) in [6.45, 7) is 9.83. The van der Waals surface area contributed by atoms with Crippen molar-refractivity contribution in [2.24, 2.45) is 11.8 Å². The van der Waals surface area contributed by atoms with Gasteiger partial charge in [0, 0.05) is 29.6 Å². The Morgan fingerprint density at radius 1 is 1.31 bits per heavy atom. The topological polar surface area (TPSA) is 58.4 Å². The molecule has 1 N–H and O–H groups in total. The number of amides is 1. The summed E-state index contributed by atoms with van der Waals surface area (Å²) < 4.78 is 5.89. The van der Waals surface area contributed by atoms with Gasteiger partial charge < -0.3 is 9.73 Å². The number of nitrogens with one attached hydrogen (secondary N) is 1. The molecule has 0 radical (unpaired) electrons. The molecule has 2 heterocycles. The average molecular weight is 478 g/mol. The van der Waals surface area contributed by atoms with Gasteiger partial charge in [-0.05, 0) is 81.3 Å². The SMILES string of the molecule is Cc1oc(-c2cccc(Cl)c2)nc1CN1CCC(C(=O)NCCCSCCC(C)C)CC1. The summed E-state index contributed by atoms with van der Waals surface area (Å²) in [5, 5.41) is 3.81. The van der Waals surface area contributed by atoms with Gasteiger partial charge in [-0.2, -0.15) is 11.8 Å². The summed E-state index contributed by atoms with van der Waals surface area (Å²) in [6.07, 6.45) is 4.11. The normalized spacial score (nSPS) is 15.4. The lowest BCUT2D eigenvalue weighted by Gasteiger charge is -2.30. The van der Waals surface area contributed by atoms with Crippen LogP contribution in [0.5, 0.6) is 0 Å². The van der Waals surface area contributed by atoms with Crippen LogP contribution in [-0.2, 0) is 11.3 Å². The number of aryl methyl sites for hydroxylation is 1. The first kappa shape index (κ1) is 25.1. The Morgan fingerprint density at radius 2 is 2.09 bits per heavy atom. The van der Waals surface area contributed by atoms with Crippen molar-refractivity contribution in [2.75, 3.05) is 31.1 Å². The van der Waals surface area contributed by atoms with Gasteiger partial charge in [0.2, 0.25) is 11.8 Å². The highest BCUT2D eigenvalue weighted by Crippen LogP contribution is 2.26. The number of halogens is 1. The summed E-state index contributed by atoms with van der Waals surface area (Å²) in [5.41, 5.74) is 1.85. The summed E-state index contributed by atoms with van der Waals surface area (Å²) in [7, 11) is 0. The minimum atomic E-state index is 0.125. The van der Waals surface area contributed by atoms with Gasteiger partial charge in [0.25, 0.3) is 0 Å². The third-order valence-corrected chi connectivity index (χ3v) is 7.24. The van der Waals surface area contributed by atoms with Gasteiger partial charge in [0.15, 0.2) is 0 Å². The van der Waals surface area contributed by atoms with E-state index in [4.69, 9.17) is 21.0 Å². The van der Waals surface area contributed by atoms with E-state index >= 15 is 0 Å². The van der Waals surface area contributed by atoms with E-state index in [0.717, 1.165) is 74.1 Å². The third kappa shape index (κ3) is 7.82. The van der Waals surface area contributed by atoms with E-state index in [1.807, 2.05) is 43.0 Å². The quantitative estimate of drug-likeness (QED) is 0.414. The fraction of sp³-hybridized carbons (Fsp3) is 0.600. The molecule has 0 aliphatic carbocycles. The maximum Gasteiger partial charge on any atom is 0.226 e. The van der Waals surface area contributed by atoms with E-state index in [9.17, 15) is 4.79 Å². The first-order chi connectivity index (χ1) is 15.4. The van der Waals surface area contributed by atoms with Crippen molar-refractivity contribution < 1.29 is 9.21 Å². The van der Waals surface area contributed by atoms with Gasteiger partial charge in [0.1, 0.15) is 5.76 Å². The molecule has 1 fully saturated rings. The molecule has 3 rings (SSSR count). The number of hydrogen-bond acceptors (Lipinski definition) is 5. The summed E-state index contributed by atoms with van der Waals surface area (Å²) >= 11 is 8.09. The highest BCUT2D eigenvalue weighted by atomic mass is 35.5. The molecule has 0 unspecified atom stereocenters. The molecule has 7 heteroatoms. The summed E-state index contributed by atoms with van der Waals surface area (Å²) in [6, 6.07) is 7.56. The Kier molecular flexibility index (Phi) is 9.94. The molecule has 1 saturated heterocycles. The van der Waals surface area contributed by atoms with Crippen molar-refractivity contribution in [3.63, 3.8) is 0 Å². The molecule has 1 amide bonds. The van der Waals surface area contributed by atoms with Crippen molar-refractivity contribution in [3.05, 3.63) is 40.7 Å². The summed E-state index contributed by atoms with van der Waals surface area (Å²) in [5.74, 6) is 4.90. The number of likely N-dealkylation sites (tertiary alicyclic amines) is 1. The zero-order valence-corrected chi connectivity index (χ0v) is 21.1. The largest absolute Gasteiger partial charge is 0.441 e. The molecule has 0 atom stereocenters. The molecule has 5 nitrogen and oxygen atoms in total. The zero-order chi connectivity index (χ0) is 22.9. The van der Waals surface area contributed by atoms with Crippen molar-refractivity contribution in [1.82, 2.24) is 15.2 Å². The van der Waals surface area contributed by atoms with Gasteiger partial charge in [-0.15, -0.1) is 0 Å². The minimum Gasteiger partial charge on any atom is -0.441 e. The molecule has 1 aromatic carbocycles. The average Bonchev–Trinajstić information content (AvgIpc) is 3.13. The first-order valence-electron chi connectivity index (χ1n) is 11.7. The summed E-state index contributed by atoms with van der Waals surface area (Å²) in [4.78, 5) is 19.6. The van der Waals surface area contributed by atoms with E-state index in [2.05, 4.69) is 24.1 Å². The molecule has 2 aromatic rings. The van der Waals surface area contributed by atoms with Crippen LogP contribution in [0.15, 0.2) is 28.7 Å². The molecule has 176 valence electrons. The van der Waals surface area contributed by atoms with Crippen LogP contribution in [-0.4, -0.2) is 46.9 Å². The molecule has 32 heavy (non-hydrogen) atoms. The van der Waals surface area contributed by atoms with E-state index in [1.54, 1.807) is 0 Å². The van der Waals surface area contributed by atoms with Gasteiger partial charge in [0.05, 0.1) is 5.69 Å². The number of benzene rings is 1. The van der Waals surface area contributed by atoms with Crippen LogP contribution in [0.3, 0.4) is 0 Å². The standard InChI is InChI=1S/C25H36ClN3O2S/c1-18(2)10-15-32-14-5-11-27-24(30)20-8-12-29(13-9-20)17-23-19(3)31-25(28-23)21-6-4-7-22(26)16-21/h4,6-7,16,18,20H,5,8-15,17H2,1-3H3,(H,27,30). The Hall–Kier alpha value is -1.50. The number of aromatic nitrogens is 1. The van der Waals surface area contributed by atoms with E-state index in [-0.39, 0.29) is 11.8 Å². The van der Waals surface area contributed by atoms with Crippen LogP contribution >= 0.6 is 23.4 Å². The predicted octanol–water partition coefficient (Wildman–Crippen LogP) is 5.80. The maximum absolute atomic E-state index is 12.5. The number of oxazole rings is 1. The van der Waals surface area contributed by atoms with Crippen molar-refractivity contribution in [3.8, 4) is 11.5 Å². The van der Waals surface area contributed by atoms with Crippen LogP contribution in [0.25, 0.3) is 11.5 Å². The van der Waals surface area contributed by atoms with Crippen molar-refractivity contribution >= 4 is 29.3 Å². The van der Waals surface area contributed by atoms with Gasteiger partial charge in [-0.25, -0.2) is 4.98 Å². The van der Waals surface area contributed by atoms with Crippen LogP contribution in [0.2, 0.25) is 5.02 Å². The molecule has 1 aliphatic heterocycles. The van der Waals surface area contributed by atoms with Crippen molar-refractivity contribution in [1.29, 1.82) is 0 Å². The predicted molar refractivity (Wildman–Crippen MR) is 134 cm³/mol. The smallest absolute Gasteiger partial charge is 0.226 e. The van der Waals surface area contributed by atoms with Gasteiger partial charge in [-0.3, -0.25) is 9.69 Å². The van der Waals surface area contributed by atoms with Crippen LogP contribution in [0, 0.1) is 18.8 Å². The fourth-order valence-corrected chi connectivity index (χ4v) is 5.22. The lowest BCUT2D eigenvalue weighted by atomic mass is 9.95. The minimum absolute atomic E-state index is 0.125.